The number of hydrogen-bond donors (Lipinski definition) is 0. The largest absolute Gasteiger partial charge is 0.243 e. The zero-order chi connectivity index (χ0) is 34.7. The Morgan fingerprint density at radius 2 is 0.490 bits per heavy atom. The van der Waals surface area contributed by atoms with Gasteiger partial charge in [0.25, 0.3) is 0 Å². The summed E-state index contributed by atoms with van der Waals surface area (Å²) in [5.41, 5.74) is 18.4. The van der Waals surface area contributed by atoms with Crippen molar-refractivity contribution in [1.29, 1.82) is 0 Å². The van der Waals surface area contributed by atoms with Crippen LogP contribution in [0.4, 0.5) is 0 Å². The summed E-state index contributed by atoms with van der Waals surface area (Å²) in [5, 5.41) is 0. The van der Waals surface area contributed by atoms with Gasteiger partial charge in [-0.3, -0.25) is 0 Å². The molecule has 2 heteroatoms. The number of benzene rings is 7. The van der Waals surface area contributed by atoms with E-state index in [1.165, 1.54) is 50.1 Å². The third-order valence-corrected chi connectivity index (χ3v) is 9.47. The van der Waals surface area contributed by atoms with Crippen LogP contribution in [0.5, 0.6) is 0 Å². The minimum absolute atomic E-state index is 0.853. The Bertz CT molecular complexity index is 2460. The Labute approximate surface area is 300 Å². The molecule has 0 atom stereocenters. The maximum atomic E-state index is 5.53. The third kappa shape index (κ3) is 6.77. The van der Waals surface area contributed by atoms with Crippen molar-refractivity contribution < 1.29 is 0 Å². The quantitative estimate of drug-likeness (QED) is 0.171. The lowest BCUT2D eigenvalue weighted by Crippen LogP contribution is -2.01. The van der Waals surface area contributed by atoms with Crippen LogP contribution in [0.25, 0.3) is 78.4 Å². The summed E-state index contributed by atoms with van der Waals surface area (Å²) in [6.45, 7) is 6.40. The van der Waals surface area contributed by atoms with Crippen molar-refractivity contribution in [3.63, 3.8) is 0 Å². The van der Waals surface area contributed by atoms with Crippen LogP contribution in [0.2, 0.25) is 0 Å². The zero-order valence-electron chi connectivity index (χ0n) is 29.1. The third-order valence-electron chi connectivity index (χ3n) is 9.47. The van der Waals surface area contributed by atoms with E-state index >= 15 is 0 Å². The van der Waals surface area contributed by atoms with Gasteiger partial charge in [-0.25, -0.2) is 9.97 Å². The van der Waals surface area contributed by atoms with Crippen LogP contribution < -0.4 is 0 Å². The van der Waals surface area contributed by atoms with Gasteiger partial charge in [-0.2, -0.15) is 0 Å². The number of hydrogen-bond acceptors (Lipinski definition) is 2. The van der Waals surface area contributed by atoms with E-state index in [1.807, 2.05) is 6.07 Å². The zero-order valence-corrected chi connectivity index (χ0v) is 29.1. The molecule has 0 radical (unpaired) electrons. The fourth-order valence-electron chi connectivity index (χ4n) is 6.77. The molecule has 2 nitrogen and oxygen atoms in total. The van der Waals surface area contributed by atoms with Gasteiger partial charge < -0.3 is 0 Å². The molecule has 0 fully saturated rings. The van der Waals surface area contributed by atoms with Crippen molar-refractivity contribution in [1.82, 2.24) is 9.97 Å². The van der Waals surface area contributed by atoms with E-state index in [0.29, 0.717) is 0 Å². The molecule has 1 heterocycles. The molecule has 0 aliphatic heterocycles. The van der Waals surface area contributed by atoms with Crippen LogP contribution in [0.15, 0.2) is 176 Å². The SMILES string of the molecule is Cc1cccc(-c2ccc(-c3nc(-c4ccc(-c5cccc(C)c5)cc4)c(-c4ccc(-c5cccc(C)c5)cc4)nc3-c3ccccc3)cc2)c1. The number of aromatic nitrogens is 2. The average Bonchev–Trinajstić information content (AvgIpc) is 3.18. The number of aryl methyl sites for hydroxylation is 3. The lowest BCUT2D eigenvalue weighted by atomic mass is 9.95. The van der Waals surface area contributed by atoms with Crippen LogP contribution in [0.1, 0.15) is 16.7 Å². The number of rotatable bonds is 7. The summed E-state index contributed by atoms with van der Waals surface area (Å²) in [6.07, 6.45) is 0. The molecule has 1 aromatic heterocycles. The second-order valence-electron chi connectivity index (χ2n) is 13.3. The smallest absolute Gasteiger partial charge is 0.0973 e. The van der Waals surface area contributed by atoms with E-state index in [0.717, 1.165) is 45.0 Å². The first-order valence-corrected chi connectivity index (χ1v) is 17.5. The Hall–Kier alpha value is -6.38. The minimum Gasteiger partial charge on any atom is -0.243 e. The first kappa shape index (κ1) is 31.9. The maximum absolute atomic E-state index is 5.53. The summed E-state index contributed by atoms with van der Waals surface area (Å²) in [7, 11) is 0. The Morgan fingerprint density at radius 3 is 0.784 bits per heavy atom. The summed E-state index contributed by atoms with van der Waals surface area (Å²) >= 11 is 0. The highest BCUT2D eigenvalue weighted by Gasteiger charge is 2.20. The summed E-state index contributed by atoms with van der Waals surface area (Å²) in [4.78, 5) is 11.0. The highest BCUT2D eigenvalue weighted by atomic mass is 14.9. The normalized spacial score (nSPS) is 11.0. The molecule has 0 saturated carbocycles. The predicted molar refractivity (Wildman–Crippen MR) is 214 cm³/mol. The fraction of sp³-hybridized carbons (Fsp3) is 0.0612. The molecule has 244 valence electrons. The van der Waals surface area contributed by atoms with Crippen molar-refractivity contribution in [2.45, 2.75) is 20.8 Å². The highest BCUT2D eigenvalue weighted by Crippen LogP contribution is 2.39. The van der Waals surface area contributed by atoms with Crippen LogP contribution in [-0.2, 0) is 0 Å². The van der Waals surface area contributed by atoms with Crippen molar-refractivity contribution in [2.24, 2.45) is 0 Å². The molecule has 8 rings (SSSR count). The summed E-state index contributed by atoms with van der Waals surface area (Å²) < 4.78 is 0. The molecule has 0 aliphatic carbocycles. The van der Waals surface area contributed by atoms with Gasteiger partial charge in [0.15, 0.2) is 0 Å². The second kappa shape index (κ2) is 13.9. The maximum Gasteiger partial charge on any atom is 0.0973 e. The van der Waals surface area contributed by atoms with Gasteiger partial charge in [0, 0.05) is 22.3 Å². The van der Waals surface area contributed by atoms with E-state index in [4.69, 9.17) is 9.97 Å². The van der Waals surface area contributed by atoms with Gasteiger partial charge in [0.2, 0.25) is 0 Å². The van der Waals surface area contributed by atoms with E-state index < -0.39 is 0 Å². The standard InChI is InChI=1S/C49H38N2/c1-33-10-7-15-43(30-33)36-18-24-40(25-19-36)47-46(39-13-5-4-6-14-39)50-48(41-26-20-37(21-27-41)44-16-8-11-34(2)31-44)49(51-47)42-28-22-38(23-29-42)45-17-9-12-35(3)32-45/h4-32H,1-3H3. The van der Waals surface area contributed by atoms with Crippen LogP contribution in [-0.4, -0.2) is 9.97 Å². The Balaban J connectivity index is 1.30. The van der Waals surface area contributed by atoms with Crippen LogP contribution in [0.3, 0.4) is 0 Å². The van der Waals surface area contributed by atoms with E-state index in [-0.39, 0.29) is 0 Å². The van der Waals surface area contributed by atoms with Gasteiger partial charge in [0.1, 0.15) is 0 Å². The molecule has 0 N–H and O–H groups in total. The molecular weight excluding hydrogens is 617 g/mol. The molecule has 0 saturated heterocycles. The summed E-state index contributed by atoms with van der Waals surface area (Å²) in [5.74, 6) is 0. The predicted octanol–water partition coefficient (Wildman–Crippen LogP) is 13.1. The van der Waals surface area contributed by atoms with Crippen molar-refractivity contribution in [3.05, 3.63) is 193 Å². The van der Waals surface area contributed by atoms with E-state index in [9.17, 15) is 0 Å². The number of nitrogens with zero attached hydrogens (tertiary/aromatic N) is 2. The van der Waals surface area contributed by atoms with Gasteiger partial charge in [0.05, 0.1) is 22.8 Å². The monoisotopic (exact) mass is 654 g/mol. The van der Waals surface area contributed by atoms with Crippen LogP contribution >= 0.6 is 0 Å². The lowest BCUT2D eigenvalue weighted by molar-refractivity contribution is 1.21. The van der Waals surface area contributed by atoms with Crippen molar-refractivity contribution in [2.75, 3.05) is 0 Å². The Kier molecular flexibility index (Phi) is 8.66. The molecule has 51 heavy (non-hydrogen) atoms. The van der Waals surface area contributed by atoms with Crippen LogP contribution in [0, 0.1) is 20.8 Å². The molecule has 0 amide bonds. The molecule has 0 aliphatic rings. The molecular formula is C49H38N2. The van der Waals surface area contributed by atoms with Gasteiger partial charge in [-0.1, -0.05) is 193 Å². The Morgan fingerprint density at radius 1 is 0.235 bits per heavy atom. The summed E-state index contributed by atoms with van der Waals surface area (Å²) in [6, 6.07) is 62.5. The first-order chi connectivity index (χ1) is 25.0. The lowest BCUT2D eigenvalue weighted by Gasteiger charge is -2.17. The fourth-order valence-corrected chi connectivity index (χ4v) is 6.77. The first-order valence-electron chi connectivity index (χ1n) is 17.5. The molecule has 0 unspecified atom stereocenters. The van der Waals surface area contributed by atoms with E-state index in [1.54, 1.807) is 0 Å². The molecule has 7 aromatic carbocycles. The van der Waals surface area contributed by atoms with Crippen molar-refractivity contribution in [3.8, 4) is 78.4 Å². The molecule has 8 aromatic rings. The minimum atomic E-state index is 0.853. The van der Waals surface area contributed by atoms with Gasteiger partial charge in [-0.05, 0) is 54.2 Å². The molecule has 0 spiro atoms. The topological polar surface area (TPSA) is 25.8 Å². The van der Waals surface area contributed by atoms with Gasteiger partial charge >= 0.3 is 0 Å². The molecule has 0 bridgehead atoms. The second-order valence-corrected chi connectivity index (χ2v) is 13.3. The average molecular weight is 655 g/mol. The van der Waals surface area contributed by atoms with Gasteiger partial charge in [-0.15, -0.1) is 0 Å². The van der Waals surface area contributed by atoms with Crippen molar-refractivity contribution >= 4 is 0 Å². The van der Waals surface area contributed by atoms with E-state index in [2.05, 4.69) is 191 Å². The highest BCUT2D eigenvalue weighted by molar-refractivity contribution is 5.88.